The van der Waals surface area contributed by atoms with Gasteiger partial charge in [0.25, 0.3) is 0 Å². The summed E-state index contributed by atoms with van der Waals surface area (Å²) < 4.78 is 5.94. The Kier molecular flexibility index (Phi) is 7.57. The highest BCUT2D eigenvalue weighted by Crippen LogP contribution is 2.29. The number of ether oxygens (including phenoxy) is 1. The van der Waals surface area contributed by atoms with Crippen LogP contribution >= 0.6 is 0 Å². The first-order valence-corrected chi connectivity index (χ1v) is 7.68. The highest BCUT2D eigenvalue weighted by molar-refractivity contribution is 5.36. The molecule has 0 aromatic heterocycles. The van der Waals surface area contributed by atoms with Crippen LogP contribution in [-0.2, 0) is 0 Å². The molecule has 1 atom stereocenters. The number of hydrogen-bond donors (Lipinski definition) is 1. The van der Waals surface area contributed by atoms with E-state index in [0.29, 0.717) is 6.04 Å². The van der Waals surface area contributed by atoms with Crippen molar-refractivity contribution < 1.29 is 4.74 Å². The molecular weight excluding hydrogens is 234 g/mol. The van der Waals surface area contributed by atoms with Crippen molar-refractivity contribution in [1.82, 2.24) is 5.32 Å². The Balaban J connectivity index is 2.81. The first-order chi connectivity index (χ1) is 9.19. The van der Waals surface area contributed by atoms with Crippen molar-refractivity contribution in [1.29, 1.82) is 0 Å². The molecule has 1 unspecified atom stereocenters. The highest BCUT2D eigenvalue weighted by atomic mass is 16.5. The van der Waals surface area contributed by atoms with Crippen LogP contribution in [0.1, 0.15) is 65.0 Å². The van der Waals surface area contributed by atoms with Crippen molar-refractivity contribution in [3.05, 3.63) is 29.8 Å². The summed E-state index contributed by atoms with van der Waals surface area (Å²) >= 11 is 0. The van der Waals surface area contributed by atoms with Gasteiger partial charge in [0.15, 0.2) is 0 Å². The number of benzene rings is 1. The fourth-order valence-electron chi connectivity index (χ4n) is 2.34. The average Bonchev–Trinajstić information content (AvgIpc) is 2.38. The van der Waals surface area contributed by atoms with Crippen LogP contribution in [0, 0.1) is 0 Å². The SMILES string of the molecule is CCCCCC(NCC)c1ccccc1OC(C)C. The standard InChI is InChI=1S/C17H29NO/c1-5-7-8-12-16(18-6-2)15-11-9-10-13-17(15)19-14(3)4/h9-11,13-14,16,18H,5-8,12H2,1-4H3. The van der Waals surface area contributed by atoms with E-state index in [2.05, 4.69) is 57.3 Å². The summed E-state index contributed by atoms with van der Waals surface area (Å²) in [7, 11) is 0. The van der Waals surface area contributed by atoms with E-state index < -0.39 is 0 Å². The number of nitrogens with one attached hydrogen (secondary N) is 1. The second kappa shape index (κ2) is 8.98. The molecule has 2 nitrogen and oxygen atoms in total. The Morgan fingerprint density at radius 3 is 2.47 bits per heavy atom. The predicted octanol–water partition coefficient (Wildman–Crippen LogP) is 4.70. The van der Waals surface area contributed by atoms with Crippen molar-refractivity contribution in [2.24, 2.45) is 0 Å². The number of para-hydroxylation sites is 1. The topological polar surface area (TPSA) is 21.3 Å². The largest absolute Gasteiger partial charge is 0.491 e. The van der Waals surface area contributed by atoms with Crippen LogP contribution in [0.3, 0.4) is 0 Å². The van der Waals surface area contributed by atoms with Gasteiger partial charge in [-0.2, -0.15) is 0 Å². The molecule has 108 valence electrons. The molecule has 0 aliphatic heterocycles. The molecule has 1 N–H and O–H groups in total. The zero-order valence-corrected chi connectivity index (χ0v) is 12.9. The van der Waals surface area contributed by atoms with Gasteiger partial charge in [0.2, 0.25) is 0 Å². The minimum atomic E-state index is 0.221. The molecule has 0 fully saturated rings. The van der Waals surface area contributed by atoms with Crippen LogP contribution in [0.2, 0.25) is 0 Å². The summed E-state index contributed by atoms with van der Waals surface area (Å²) in [6.45, 7) is 9.57. The molecule has 1 aromatic rings. The molecular formula is C17H29NO. The molecule has 0 spiro atoms. The lowest BCUT2D eigenvalue weighted by Gasteiger charge is -2.22. The van der Waals surface area contributed by atoms with Crippen LogP contribution in [0.25, 0.3) is 0 Å². The molecule has 0 heterocycles. The third kappa shape index (κ3) is 5.65. The van der Waals surface area contributed by atoms with Crippen molar-refractivity contribution in [2.45, 2.75) is 65.5 Å². The van der Waals surface area contributed by atoms with E-state index in [4.69, 9.17) is 4.74 Å². The lowest BCUT2D eigenvalue weighted by molar-refractivity contribution is 0.237. The molecule has 1 aromatic carbocycles. The second-order valence-corrected chi connectivity index (χ2v) is 5.31. The summed E-state index contributed by atoms with van der Waals surface area (Å²) in [5, 5.41) is 3.59. The molecule has 0 radical (unpaired) electrons. The number of hydrogen-bond acceptors (Lipinski definition) is 2. The van der Waals surface area contributed by atoms with Gasteiger partial charge in [0.1, 0.15) is 5.75 Å². The lowest BCUT2D eigenvalue weighted by Crippen LogP contribution is -2.22. The third-order valence-corrected chi connectivity index (χ3v) is 3.20. The molecule has 0 aliphatic carbocycles. The molecule has 0 amide bonds. The molecule has 2 heteroatoms. The summed E-state index contributed by atoms with van der Waals surface area (Å²) in [6, 6.07) is 8.84. The smallest absolute Gasteiger partial charge is 0.124 e. The van der Waals surface area contributed by atoms with Crippen molar-refractivity contribution in [3.8, 4) is 5.75 Å². The maximum absolute atomic E-state index is 5.94. The van der Waals surface area contributed by atoms with Crippen LogP contribution in [0.15, 0.2) is 24.3 Å². The van der Waals surface area contributed by atoms with Gasteiger partial charge in [0.05, 0.1) is 6.10 Å². The van der Waals surface area contributed by atoms with Gasteiger partial charge in [-0.05, 0) is 32.9 Å². The maximum atomic E-state index is 5.94. The van der Waals surface area contributed by atoms with Crippen LogP contribution < -0.4 is 10.1 Å². The normalized spacial score (nSPS) is 12.7. The van der Waals surface area contributed by atoms with E-state index in [9.17, 15) is 0 Å². The van der Waals surface area contributed by atoms with E-state index >= 15 is 0 Å². The molecule has 0 saturated carbocycles. The van der Waals surface area contributed by atoms with E-state index in [1.807, 2.05) is 0 Å². The summed E-state index contributed by atoms with van der Waals surface area (Å²) in [4.78, 5) is 0. The summed E-state index contributed by atoms with van der Waals surface area (Å²) in [5.41, 5.74) is 1.30. The van der Waals surface area contributed by atoms with Crippen LogP contribution in [0.5, 0.6) is 5.75 Å². The maximum Gasteiger partial charge on any atom is 0.124 e. The Hall–Kier alpha value is -1.02. The number of rotatable bonds is 9. The van der Waals surface area contributed by atoms with Crippen molar-refractivity contribution in [3.63, 3.8) is 0 Å². The first kappa shape index (κ1) is 16.0. The van der Waals surface area contributed by atoms with Gasteiger partial charge in [-0.3, -0.25) is 0 Å². The fraction of sp³-hybridized carbons (Fsp3) is 0.647. The van der Waals surface area contributed by atoms with E-state index in [-0.39, 0.29) is 6.10 Å². The number of unbranched alkanes of at least 4 members (excludes halogenated alkanes) is 2. The Bertz CT molecular complexity index is 349. The average molecular weight is 263 g/mol. The molecule has 19 heavy (non-hydrogen) atoms. The molecule has 0 bridgehead atoms. The van der Waals surface area contributed by atoms with Crippen LogP contribution in [0.4, 0.5) is 0 Å². The lowest BCUT2D eigenvalue weighted by atomic mass is 9.99. The fourth-order valence-corrected chi connectivity index (χ4v) is 2.34. The van der Waals surface area contributed by atoms with E-state index in [1.54, 1.807) is 0 Å². The zero-order valence-electron chi connectivity index (χ0n) is 12.9. The van der Waals surface area contributed by atoms with Gasteiger partial charge in [-0.25, -0.2) is 0 Å². The van der Waals surface area contributed by atoms with Crippen molar-refractivity contribution in [2.75, 3.05) is 6.54 Å². The van der Waals surface area contributed by atoms with E-state index in [0.717, 1.165) is 12.3 Å². The van der Waals surface area contributed by atoms with Crippen LogP contribution in [-0.4, -0.2) is 12.6 Å². The first-order valence-electron chi connectivity index (χ1n) is 7.68. The Morgan fingerprint density at radius 1 is 1.11 bits per heavy atom. The molecule has 1 rings (SSSR count). The highest BCUT2D eigenvalue weighted by Gasteiger charge is 2.15. The van der Waals surface area contributed by atoms with Gasteiger partial charge in [-0.1, -0.05) is 51.3 Å². The van der Waals surface area contributed by atoms with Gasteiger partial charge in [-0.15, -0.1) is 0 Å². The minimum Gasteiger partial charge on any atom is -0.491 e. The summed E-state index contributed by atoms with van der Waals surface area (Å²) in [6.07, 6.45) is 5.24. The zero-order chi connectivity index (χ0) is 14.1. The van der Waals surface area contributed by atoms with Gasteiger partial charge >= 0.3 is 0 Å². The monoisotopic (exact) mass is 263 g/mol. The van der Waals surface area contributed by atoms with Crippen molar-refractivity contribution >= 4 is 0 Å². The van der Waals surface area contributed by atoms with Gasteiger partial charge < -0.3 is 10.1 Å². The molecule has 0 saturated heterocycles. The predicted molar refractivity (Wildman–Crippen MR) is 82.8 cm³/mol. The van der Waals surface area contributed by atoms with Gasteiger partial charge in [0, 0.05) is 11.6 Å². The minimum absolute atomic E-state index is 0.221. The second-order valence-electron chi connectivity index (χ2n) is 5.31. The molecule has 0 aliphatic rings. The van der Waals surface area contributed by atoms with E-state index in [1.165, 1.54) is 31.2 Å². The Labute approximate surface area is 118 Å². The Morgan fingerprint density at radius 2 is 1.84 bits per heavy atom. The quantitative estimate of drug-likeness (QED) is 0.652. The summed E-state index contributed by atoms with van der Waals surface area (Å²) in [5.74, 6) is 1.03. The third-order valence-electron chi connectivity index (χ3n) is 3.20.